The van der Waals surface area contributed by atoms with E-state index in [0.717, 1.165) is 47.5 Å². The molecule has 0 bridgehead atoms. The van der Waals surface area contributed by atoms with Crippen molar-refractivity contribution >= 4 is 40.3 Å². The number of para-hydroxylation sites is 1. The molecule has 0 saturated carbocycles. The summed E-state index contributed by atoms with van der Waals surface area (Å²) in [5, 5.41) is 4.86. The average molecular weight is 478 g/mol. The molecule has 170 valence electrons. The molecule has 2 heterocycles. The molecule has 0 spiro atoms. The van der Waals surface area contributed by atoms with Crippen LogP contribution >= 0.6 is 24.0 Å². The number of unbranched alkanes of at least 4 members (excludes halogenated alkanes) is 1. The highest BCUT2D eigenvalue weighted by molar-refractivity contribution is 8.26. The second-order valence-corrected chi connectivity index (χ2v) is 9.45. The van der Waals surface area contributed by atoms with Gasteiger partial charge in [-0.25, -0.2) is 4.68 Å². The largest absolute Gasteiger partial charge is 0.494 e. The third kappa shape index (κ3) is 5.37. The molecule has 3 aromatic rings. The maximum atomic E-state index is 13.0. The van der Waals surface area contributed by atoms with E-state index < -0.39 is 0 Å². The quantitative estimate of drug-likeness (QED) is 0.266. The molecule has 4 rings (SSSR count). The van der Waals surface area contributed by atoms with Crippen molar-refractivity contribution in [2.24, 2.45) is 0 Å². The minimum atomic E-state index is -0.0276. The Hall–Kier alpha value is -2.90. The first-order chi connectivity index (χ1) is 16.1. The second kappa shape index (κ2) is 10.8. The number of thiocarbonyl (C=S) groups is 1. The van der Waals surface area contributed by atoms with Gasteiger partial charge in [-0.3, -0.25) is 9.69 Å². The normalized spacial score (nSPS) is 15.0. The Kier molecular flexibility index (Phi) is 7.62. The number of aromatic nitrogens is 2. The number of hydrogen-bond donors (Lipinski definition) is 0. The van der Waals surface area contributed by atoms with Crippen molar-refractivity contribution in [3.05, 3.63) is 71.3 Å². The molecule has 1 aliphatic rings. The molecule has 7 heteroatoms. The topological polar surface area (TPSA) is 47.4 Å². The molecule has 1 saturated heterocycles. The number of thioether (sulfide) groups is 1. The fraction of sp³-hybridized carbons (Fsp3) is 0.269. The third-order valence-corrected chi connectivity index (χ3v) is 6.64. The van der Waals surface area contributed by atoms with Crippen LogP contribution in [-0.4, -0.2) is 38.1 Å². The van der Waals surface area contributed by atoms with Crippen molar-refractivity contribution in [2.45, 2.75) is 33.1 Å². The monoisotopic (exact) mass is 477 g/mol. The standard InChI is InChI=1S/C26H27N3O2S2/c1-3-5-15-28-25(30)23(33-26(28)32)17-20-18-29(21-9-7-6-8-10-21)27-24(20)19-11-13-22(14-12-19)31-16-4-2/h6-14,17-18H,3-5,15-16H2,1-2H3/b23-17+. The minimum Gasteiger partial charge on any atom is -0.494 e. The predicted molar refractivity (Wildman–Crippen MR) is 140 cm³/mol. The van der Waals surface area contributed by atoms with Crippen LogP contribution < -0.4 is 4.74 Å². The average Bonchev–Trinajstić information content (AvgIpc) is 3.38. The highest BCUT2D eigenvalue weighted by atomic mass is 32.2. The van der Waals surface area contributed by atoms with Crippen LogP contribution in [0.2, 0.25) is 0 Å². The number of carbonyl (C=O) groups is 1. The minimum absolute atomic E-state index is 0.0276. The van der Waals surface area contributed by atoms with Crippen molar-refractivity contribution in [2.75, 3.05) is 13.2 Å². The van der Waals surface area contributed by atoms with Gasteiger partial charge >= 0.3 is 0 Å². The van der Waals surface area contributed by atoms with E-state index >= 15 is 0 Å². The summed E-state index contributed by atoms with van der Waals surface area (Å²) in [7, 11) is 0. The van der Waals surface area contributed by atoms with Gasteiger partial charge in [-0.05, 0) is 55.3 Å². The van der Waals surface area contributed by atoms with E-state index in [1.54, 1.807) is 4.90 Å². The van der Waals surface area contributed by atoms with E-state index in [1.165, 1.54) is 11.8 Å². The third-order valence-electron chi connectivity index (χ3n) is 5.26. The van der Waals surface area contributed by atoms with Crippen LogP contribution in [-0.2, 0) is 4.79 Å². The molecular weight excluding hydrogens is 450 g/mol. The number of amides is 1. The maximum Gasteiger partial charge on any atom is 0.266 e. The Labute approximate surface area is 204 Å². The molecule has 0 radical (unpaired) electrons. The molecular formula is C26H27N3O2S2. The number of rotatable bonds is 9. The lowest BCUT2D eigenvalue weighted by Gasteiger charge is -2.12. The zero-order valence-electron chi connectivity index (χ0n) is 18.9. The lowest BCUT2D eigenvalue weighted by Crippen LogP contribution is -2.28. The molecule has 0 N–H and O–H groups in total. The zero-order valence-corrected chi connectivity index (χ0v) is 20.5. The van der Waals surface area contributed by atoms with Crippen LogP contribution in [0.15, 0.2) is 65.7 Å². The van der Waals surface area contributed by atoms with Gasteiger partial charge in [0, 0.05) is 23.9 Å². The molecule has 0 atom stereocenters. The highest BCUT2D eigenvalue weighted by Crippen LogP contribution is 2.35. The summed E-state index contributed by atoms with van der Waals surface area (Å²) < 4.78 is 8.19. The molecule has 1 aliphatic heterocycles. The van der Waals surface area contributed by atoms with Gasteiger partial charge in [0.25, 0.3) is 5.91 Å². The molecule has 33 heavy (non-hydrogen) atoms. The van der Waals surface area contributed by atoms with Crippen LogP contribution in [0, 0.1) is 0 Å². The summed E-state index contributed by atoms with van der Waals surface area (Å²) in [5.74, 6) is 0.807. The Balaban J connectivity index is 1.71. The fourth-order valence-corrected chi connectivity index (χ4v) is 4.81. The summed E-state index contributed by atoms with van der Waals surface area (Å²) in [6, 6.07) is 17.9. The second-order valence-electron chi connectivity index (χ2n) is 7.77. The number of ether oxygens (including phenoxy) is 1. The number of benzene rings is 2. The van der Waals surface area contributed by atoms with Crippen LogP contribution in [0.5, 0.6) is 5.75 Å². The summed E-state index contributed by atoms with van der Waals surface area (Å²) in [5.41, 5.74) is 3.59. The Morgan fingerprint density at radius 2 is 1.82 bits per heavy atom. The van der Waals surface area contributed by atoms with Crippen molar-refractivity contribution in [3.8, 4) is 22.7 Å². The molecule has 0 aliphatic carbocycles. The van der Waals surface area contributed by atoms with Gasteiger partial charge < -0.3 is 4.74 Å². The smallest absolute Gasteiger partial charge is 0.266 e. The fourth-order valence-electron chi connectivity index (χ4n) is 3.51. The van der Waals surface area contributed by atoms with Crippen molar-refractivity contribution in [1.29, 1.82) is 0 Å². The van der Waals surface area contributed by atoms with Crippen LogP contribution in [0.4, 0.5) is 0 Å². The summed E-state index contributed by atoms with van der Waals surface area (Å²) in [4.78, 5) is 15.3. The first-order valence-corrected chi connectivity index (χ1v) is 12.5. The van der Waals surface area contributed by atoms with Gasteiger partial charge in [-0.2, -0.15) is 5.10 Å². The highest BCUT2D eigenvalue weighted by Gasteiger charge is 2.31. The zero-order chi connectivity index (χ0) is 23.2. The molecule has 1 fully saturated rings. The SMILES string of the molecule is CCCCN1C(=O)/C(=C\c2cn(-c3ccccc3)nc2-c2ccc(OCCC)cc2)SC1=S. The van der Waals surface area contributed by atoms with Crippen molar-refractivity contribution in [3.63, 3.8) is 0 Å². The molecule has 1 amide bonds. The summed E-state index contributed by atoms with van der Waals surface area (Å²) in [6.45, 7) is 5.54. The van der Waals surface area contributed by atoms with Crippen LogP contribution in [0.25, 0.3) is 23.0 Å². The van der Waals surface area contributed by atoms with Gasteiger partial charge in [0.1, 0.15) is 10.1 Å². The van der Waals surface area contributed by atoms with Crippen LogP contribution in [0.3, 0.4) is 0 Å². The van der Waals surface area contributed by atoms with Gasteiger partial charge in [0.2, 0.25) is 0 Å². The van der Waals surface area contributed by atoms with E-state index in [4.69, 9.17) is 22.1 Å². The van der Waals surface area contributed by atoms with E-state index in [-0.39, 0.29) is 5.91 Å². The first-order valence-electron chi connectivity index (χ1n) is 11.2. The predicted octanol–water partition coefficient (Wildman–Crippen LogP) is 6.33. The Morgan fingerprint density at radius 1 is 1.06 bits per heavy atom. The molecule has 5 nitrogen and oxygen atoms in total. The number of hydrogen-bond acceptors (Lipinski definition) is 5. The number of nitrogens with zero attached hydrogens (tertiary/aromatic N) is 3. The molecule has 2 aromatic carbocycles. The number of carbonyl (C=O) groups excluding carboxylic acids is 1. The Morgan fingerprint density at radius 3 is 2.52 bits per heavy atom. The van der Waals surface area contributed by atoms with E-state index in [0.29, 0.717) is 22.4 Å². The van der Waals surface area contributed by atoms with E-state index in [1.807, 2.05) is 71.6 Å². The van der Waals surface area contributed by atoms with Gasteiger partial charge in [0.15, 0.2) is 0 Å². The van der Waals surface area contributed by atoms with Crippen LogP contribution in [0.1, 0.15) is 38.7 Å². The Bertz CT molecular complexity index is 1150. The maximum absolute atomic E-state index is 13.0. The molecule has 0 unspecified atom stereocenters. The summed E-state index contributed by atoms with van der Waals surface area (Å²) >= 11 is 6.83. The van der Waals surface area contributed by atoms with Gasteiger partial charge in [-0.15, -0.1) is 0 Å². The molecule has 1 aromatic heterocycles. The van der Waals surface area contributed by atoms with E-state index in [2.05, 4.69) is 13.8 Å². The van der Waals surface area contributed by atoms with E-state index in [9.17, 15) is 4.79 Å². The van der Waals surface area contributed by atoms with Gasteiger partial charge in [-0.1, -0.05) is 62.4 Å². The lowest BCUT2D eigenvalue weighted by molar-refractivity contribution is -0.122. The lowest BCUT2D eigenvalue weighted by atomic mass is 10.1. The van der Waals surface area contributed by atoms with Crippen molar-refractivity contribution < 1.29 is 9.53 Å². The summed E-state index contributed by atoms with van der Waals surface area (Å²) in [6.07, 6.45) is 6.79. The first kappa shape index (κ1) is 23.3. The van der Waals surface area contributed by atoms with Crippen molar-refractivity contribution in [1.82, 2.24) is 14.7 Å². The van der Waals surface area contributed by atoms with Gasteiger partial charge in [0.05, 0.1) is 22.9 Å².